The molecule has 0 bridgehead atoms. The first-order valence-corrected chi connectivity index (χ1v) is 9.03. The van der Waals surface area contributed by atoms with Crippen molar-refractivity contribution in [3.05, 3.63) is 12.2 Å². The fourth-order valence-electron chi connectivity index (χ4n) is 6.44. The summed E-state index contributed by atoms with van der Waals surface area (Å²) in [5.74, 6) is 6.04. The van der Waals surface area contributed by atoms with Crippen LogP contribution in [0.3, 0.4) is 0 Å². The molecule has 0 aromatic carbocycles. The summed E-state index contributed by atoms with van der Waals surface area (Å²) >= 11 is 0. The zero-order valence-electron chi connectivity index (χ0n) is 13.5. The van der Waals surface area contributed by atoms with Crippen molar-refractivity contribution in [3.63, 3.8) is 0 Å². The molecule has 3 fully saturated rings. The van der Waals surface area contributed by atoms with Crippen molar-refractivity contribution in [2.24, 2.45) is 35.0 Å². The van der Waals surface area contributed by atoms with Crippen LogP contribution in [-0.4, -0.2) is 21.9 Å². The largest absolute Gasteiger partial charge is 0.388 e. The van der Waals surface area contributed by atoms with Crippen molar-refractivity contribution in [2.45, 2.75) is 63.6 Å². The van der Waals surface area contributed by atoms with E-state index in [0.717, 1.165) is 43.4 Å². The van der Waals surface area contributed by atoms with E-state index < -0.39 is 5.60 Å². The predicted octanol–water partition coefficient (Wildman–Crippen LogP) is 3.14. The summed E-state index contributed by atoms with van der Waals surface area (Å²) in [6, 6.07) is 0. The van der Waals surface area contributed by atoms with Gasteiger partial charge in [-0.3, -0.25) is 0 Å². The summed E-state index contributed by atoms with van der Waals surface area (Å²) in [6.07, 6.45) is 17.1. The molecule has 22 heavy (non-hydrogen) atoms. The Labute approximate surface area is 134 Å². The van der Waals surface area contributed by atoms with Crippen molar-refractivity contribution in [1.29, 1.82) is 0 Å². The van der Waals surface area contributed by atoms with Crippen LogP contribution in [0.5, 0.6) is 0 Å². The molecule has 2 unspecified atom stereocenters. The number of hydrogen-bond acceptors (Lipinski definition) is 2. The second-order valence-electron chi connectivity index (χ2n) is 8.65. The molecule has 0 aromatic heterocycles. The van der Waals surface area contributed by atoms with Gasteiger partial charge in [0.25, 0.3) is 0 Å². The van der Waals surface area contributed by atoms with Gasteiger partial charge in [0.1, 0.15) is 5.60 Å². The highest BCUT2D eigenvalue weighted by atomic mass is 16.3. The van der Waals surface area contributed by atoms with Gasteiger partial charge in [0.05, 0.1) is 6.10 Å². The lowest BCUT2D eigenvalue weighted by Gasteiger charge is -2.56. The predicted molar refractivity (Wildman–Crippen MR) is 86.8 cm³/mol. The van der Waals surface area contributed by atoms with Gasteiger partial charge in [0, 0.05) is 5.41 Å². The molecule has 0 heterocycles. The average molecular weight is 300 g/mol. The average Bonchev–Trinajstić information content (AvgIpc) is 2.82. The summed E-state index contributed by atoms with van der Waals surface area (Å²) < 4.78 is 0. The molecule has 0 aromatic rings. The fourth-order valence-corrected chi connectivity index (χ4v) is 6.44. The van der Waals surface area contributed by atoms with Crippen LogP contribution < -0.4 is 0 Å². The van der Waals surface area contributed by atoms with Gasteiger partial charge in [-0.2, -0.15) is 0 Å². The van der Waals surface area contributed by atoms with Gasteiger partial charge in [0.2, 0.25) is 0 Å². The third-order valence-corrected chi connectivity index (χ3v) is 7.75. The first kappa shape index (κ1) is 14.8. The highest BCUT2D eigenvalue weighted by Gasteiger charge is 2.55. The Balaban J connectivity index is 1.56. The zero-order chi connectivity index (χ0) is 15.5. The Morgan fingerprint density at radius 3 is 2.59 bits per heavy atom. The summed E-state index contributed by atoms with van der Waals surface area (Å²) in [6.45, 7) is 2.28. The number of hydrogen-bond donors (Lipinski definition) is 2. The lowest BCUT2D eigenvalue weighted by molar-refractivity contribution is -0.0941. The SMILES string of the molecule is C#C[C@]1(O)CC[C@@H]2C3CC[C@@]4(C)C(C=C[C@@H]4O)[C@@H]3CC[C@@H]2C1. The summed E-state index contributed by atoms with van der Waals surface area (Å²) in [5, 5.41) is 20.8. The smallest absolute Gasteiger partial charge is 0.125 e. The van der Waals surface area contributed by atoms with Crippen molar-refractivity contribution < 1.29 is 10.2 Å². The van der Waals surface area contributed by atoms with E-state index in [9.17, 15) is 10.2 Å². The third kappa shape index (κ3) is 1.95. The van der Waals surface area contributed by atoms with Crippen LogP contribution in [0.15, 0.2) is 12.2 Å². The molecule has 120 valence electrons. The van der Waals surface area contributed by atoms with Gasteiger partial charge in [-0.25, -0.2) is 0 Å². The Bertz CT molecular complexity index is 532. The molecule has 4 rings (SSSR count). The monoisotopic (exact) mass is 300 g/mol. The zero-order valence-corrected chi connectivity index (χ0v) is 13.5. The van der Waals surface area contributed by atoms with E-state index in [4.69, 9.17) is 6.42 Å². The van der Waals surface area contributed by atoms with Crippen molar-refractivity contribution in [3.8, 4) is 12.3 Å². The van der Waals surface area contributed by atoms with E-state index in [-0.39, 0.29) is 11.5 Å². The molecule has 8 atom stereocenters. The molecule has 0 radical (unpaired) electrons. The second-order valence-corrected chi connectivity index (χ2v) is 8.65. The fraction of sp³-hybridized carbons (Fsp3) is 0.800. The summed E-state index contributed by atoms with van der Waals surface area (Å²) in [7, 11) is 0. The van der Waals surface area contributed by atoms with Crippen molar-refractivity contribution >= 4 is 0 Å². The molecule has 0 aliphatic heterocycles. The molecule has 3 saturated carbocycles. The maximum Gasteiger partial charge on any atom is 0.125 e. The molecule has 0 amide bonds. The number of aliphatic hydroxyl groups excluding tert-OH is 1. The maximum atomic E-state index is 10.5. The first-order valence-electron chi connectivity index (χ1n) is 9.03. The molecule has 2 N–H and O–H groups in total. The number of terminal acetylenes is 1. The quantitative estimate of drug-likeness (QED) is 0.533. The second kappa shape index (κ2) is 4.86. The van der Waals surface area contributed by atoms with Gasteiger partial charge in [0.15, 0.2) is 0 Å². The minimum atomic E-state index is -0.847. The Kier molecular flexibility index (Phi) is 3.26. The number of rotatable bonds is 0. The normalized spacial score (nSPS) is 56.6. The van der Waals surface area contributed by atoms with Crippen molar-refractivity contribution in [1.82, 2.24) is 0 Å². The van der Waals surface area contributed by atoms with Gasteiger partial charge in [-0.1, -0.05) is 25.0 Å². The Hall–Kier alpha value is -0.780. The van der Waals surface area contributed by atoms with Gasteiger partial charge < -0.3 is 10.2 Å². The van der Waals surface area contributed by atoms with Crippen LogP contribution in [-0.2, 0) is 0 Å². The molecule has 2 heteroatoms. The Morgan fingerprint density at radius 1 is 1.05 bits per heavy atom. The van der Waals surface area contributed by atoms with Crippen molar-refractivity contribution in [2.75, 3.05) is 0 Å². The highest BCUT2D eigenvalue weighted by molar-refractivity contribution is 5.19. The van der Waals surface area contributed by atoms with Crippen LogP contribution >= 0.6 is 0 Å². The topological polar surface area (TPSA) is 40.5 Å². The van der Waals surface area contributed by atoms with E-state index in [2.05, 4.69) is 18.9 Å². The van der Waals surface area contributed by atoms with E-state index in [1.54, 1.807) is 0 Å². The molecular weight excluding hydrogens is 272 g/mol. The Morgan fingerprint density at radius 2 is 1.82 bits per heavy atom. The molecule has 4 aliphatic carbocycles. The van der Waals surface area contributed by atoms with Crippen LogP contribution in [0.2, 0.25) is 0 Å². The van der Waals surface area contributed by atoms with E-state index in [1.165, 1.54) is 19.3 Å². The molecule has 0 spiro atoms. The molecule has 0 saturated heterocycles. The molecular formula is C20H28O2. The number of aliphatic hydroxyl groups is 2. The minimum Gasteiger partial charge on any atom is -0.388 e. The molecule has 2 nitrogen and oxygen atoms in total. The first-order chi connectivity index (χ1) is 10.5. The maximum absolute atomic E-state index is 10.5. The van der Waals surface area contributed by atoms with Gasteiger partial charge in [-0.15, -0.1) is 6.42 Å². The van der Waals surface area contributed by atoms with E-state index in [0.29, 0.717) is 11.8 Å². The molecule has 4 aliphatic rings. The van der Waals surface area contributed by atoms with E-state index in [1.807, 2.05) is 6.08 Å². The van der Waals surface area contributed by atoms with Crippen LogP contribution in [0, 0.1) is 47.3 Å². The third-order valence-electron chi connectivity index (χ3n) is 7.75. The van der Waals surface area contributed by atoms with Gasteiger partial charge in [-0.05, 0) is 74.5 Å². The highest BCUT2D eigenvalue weighted by Crippen LogP contribution is 2.61. The minimum absolute atomic E-state index is 0.0716. The standard InChI is InChI=1S/C20H28O2/c1-3-20(22)11-9-14-13(12-20)4-5-16-15(14)8-10-19(2)17(16)6-7-18(19)21/h1,6-7,13-18,21-22H,4-5,8-12H2,2H3/t13-,14+,15?,16-,17?,18+,19+,20+/m1/s1. The van der Waals surface area contributed by atoms with E-state index >= 15 is 0 Å². The summed E-state index contributed by atoms with van der Waals surface area (Å²) in [5.41, 5.74) is -0.775. The number of allylic oxidation sites excluding steroid dienone is 1. The number of fused-ring (bicyclic) bond motifs is 5. The summed E-state index contributed by atoms with van der Waals surface area (Å²) in [4.78, 5) is 0. The van der Waals surface area contributed by atoms with Crippen LogP contribution in [0.1, 0.15) is 51.9 Å². The van der Waals surface area contributed by atoms with Crippen LogP contribution in [0.4, 0.5) is 0 Å². The van der Waals surface area contributed by atoms with Gasteiger partial charge >= 0.3 is 0 Å². The van der Waals surface area contributed by atoms with Crippen LogP contribution in [0.25, 0.3) is 0 Å². The lowest BCUT2D eigenvalue weighted by Crippen LogP contribution is -2.51. The lowest BCUT2D eigenvalue weighted by atomic mass is 9.49.